The summed E-state index contributed by atoms with van der Waals surface area (Å²) >= 11 is 0. The van der Waals surface area contributed by atoms with Crippen LogP contribution in [0.4, 0.5) is 4.79 Å². The van der Waals surface area contributed by atoms with Gasteiger partial charge in [-0.05, 0) is 46.9 Å². The largest absolute Gasteiger partial charge is 0.480 e. The number of likely N-dealkylation sites (tertiary alicyclic amines) is 1. The standard InChI is InChI=1S/C28H34N2O5/c1-17(2)24(15-25(31)30-14-8-9-18(3)26(30)27(32)33)29-28(34)35-16-23-21-12-6-4-10-19(21)20-11-5-7-13-22(20)23/h4-7,10-13,17-18,23-24,26H,8-9,14-16H2,1-3H3,(H,29,34)(H,32,33)/t18?,24-,26?/m0/s1. The van der Waals surface area contributed by atoms with Crippen molar-refractivity contribution in [2.24, 2.45) is 11.8 Å². The zero-order valence-corrected chi connectivity index (χ0v) is 20.6. The number of hydrogen-bond acceptors (Lipinski definition) is 4. The average molecular weight is 479 g/mol. The van der Waals surface area contributed by atoms with Gasteiger partial charge in [0, 0.05) is 24.9 Å². The fourth-order valence-corrected chi connectivity index (χ4v) is 5.39. The molecule has 2 N–H and O–H groups in total. The Morgan fingerprint density at radius 2 is 1.66 bits per heavy atom. The van der Waals surface area contributed by atoms with Crippen molar-refractivity contribution in [1.29, 1.82) is 0 Å². The molecule has 2 unspecified atom stereocenters. The quantitative estimate of drug-likeness (QED) is 0.604. The molecule has 186 valence electrons. The fourth-order valence-electron chi connectivity index (χ4n) is 5.39. The predicted octanol–water partition coefficient (Wildman–Crippen LogP) is 4.65. The Hall–Kier alpha value is -3.35. The highest BCUT2D eigenvalue weighted by Crippen LogP contribution is 2.44. The average Bonchev–Trinajstić information content (AvgIpc) is 3.15. The van der Waals surface area contributed by atoms with E-state index in [1.807, 2.05) is 45.0 Å². The number of hydrogen-bond donors (Lipinski definition) is 2. The monoisotopic (exact) mass is 478 g/mol. The van der Waals surface area contributed by atoms with E-state index >= 15 is 0 Å². The summed E-state index contributed by atoms with van der Waals surface area (Å²) in [5, 5.41) is 12.5. The molecule has 3 atom stereocenters. The van der Waals surface area contributed by atoms with Crippen LogP contribution in [0.25, 0.3) is 11.1 Å². The van der Waals surface area contributed by atoms with Crippen LogP contribution in [0.2, 0.25) is 0 Å². The van der Waals surface area contributed by atoms with Crippen molar-refractivity contribution in [3.05, 3.63) is 59.7 Å². The normalized spacial score (nSPS) is 20.2. The molecule has 0 radical (unpaired) electrons. The summed E-state index contributed by atoms with van der Waals surface area (Å²) in [7, 11) is 0. The van der Waals surface area contributed by atoms with Crippen LogP contribution in [0.1, 0.15) is 57.1 Å². The first-order valence-corrected chi connectivity index (χ1v) is 12.4. The Labute approximate surface area is 206 Å². The second-order valence-electron chi connectivity index (χ2n) is 10.0. The highest BCUT2D eigenvalue weighted by atomic mass is 16.5. The third-order valence-corrected chi connectivity index (χ3v) is 7.35. The lowest BCUT2D eigenvalue weighted by atomic mass is 9.90. The zero-order valence-electron chi connectivity index (χ0n) is 20.6. The summed E-state index contributed by atoms with van der Waals surface area (Å²) in [5.74, 6) is -1.39. The Morgan fingerprint density at radius 3 is 2.23 bits per heavy atom. The number of benzene rings is 2. The number of rotatable bonds is 7. The van der Waals surface area contributed by atoms with Gasteiger partial charge in [-0.15, -0.1) is 0 Å². The van der Waals surface area contributed by atoms with Gasteiger partial charge in [0.15, 0.2) is 0 Å². The molecule has 1 aliphatic carbocycles. The number of amides is 2. The van der Waals surface area contributed by atoms with Gasteiger partial charge in [-0.3, -0.25) is 4.79 Å². The number of carboxylic acids is 1. The molecule has 1 heterocycles. The number of nitrogens with zero attached hydrogens (tertiary/aromatic N) is 1. The Morgan fingerprint density at radius 1 is 1.06 bits per heavy atom. The predicted molar refractivity (Wildman–Crippen MR) is 133 cm³/mol. The van der Waals surface area contributed by atoms with Gasteiger partial charge in [-0.25, -0.2) is 9.59 Å². The topological polar surface area (TPSA) is 95.9 Å². The maximum Gasteiger partial charge on any atom is 0.407 e. The minimum Gasteiger partial charge on any atom is -0.480 e. The molecule has 1 saturated heterocycles. The molecule has 4 rings (SSSR count). The van der Waals surface area contributed by atoms with Crippen LogP contribution in [0.15, 0.2) is 48.5 Å². The maximum absolute atomic E-state index is 13.1. The van der Waals surface area contributed by atoms with Gasteiger partial charge < -0.3 is 20.1 Å². The molecule has 7 nitrogen and oxygen atoms in total. The van der Waals surface area contributed by atoms with E-state index in [-0.39, 0.29) is 36.7 Å². The van der Waals surface area contributed by atoms with Crippen molar-refractivity contribution in [2.75, 3.05) is 13.2 Å². The number of piperidine rings is 1. The number of ether oxygens (including phenoxy) is 1. The number of nitrogens with one attached hydrogen (secondary N) is 1. The molecule has 7 heteroatoms. The molecule has 0 saturated carbocycles. The summed E-state index contributed by atoms with van der Waals surface area (Å²) in [6.45, 7) is 6.34. The molecule has 1 fully saturated rings. The second-order valence-corrected chi connectivity index (χ2v) is 10.0. The first-order chi connectivity index (χ1) is 16.8. The second kappa shape index (κ2) is 10.5. The molecule has 2 aliphatic rings. The molecule has 2 aromatic rings. The van der Waals surface area contributed by atoms with Gasteiger partial charge in [-0.2, -0.15) is 0 Å². The third kappa shape index (κ3) is 5.19. The van der Waals surface area contributed by atoms with E-state index in [9.17, 15) is 19.5 Å². The number of carbonyl (C=O) groups excluding carboxylic acids is 2. The van der Waals surface area contributed by atoms with E-state index in [1.165, 1.54) is 4.90 Å². The molecular formula is C28H34N2O5. The van der Waals surface area contributed by atoms with Gasteiger partial charge in [0.05, 0.1) is 0 Å². The summed E-state index contributed by atoms with van der Waals surface area (Å²) in [6, 6.07) is 15.0. The van der Waals surface area contributed by atoms with Gasteiger partial charge in [0.2, 0.25) is 5.91 Å². The van der Waals surface area contributed by atoms with Crippen LogP contribution < -0.4 is 5.32 Å². The molecule has 0 bridgehead atoms. The molecule has 0 spiro atoms. The van der Waals surface area contributed by atoms with Crippen molar-refractivity contribution in [2.45, 2.75) is 58.0 Å². The summed E-state index contributed by atoms with van der Waals surface area (Å²) in [5.41, 5.74) is 4.59. The minimum atomic E-state index is -0.976. The lowest BCUT2D eigenvalue weighted by Gasteiger charge is -2.38. The van der Waals surface area contributed by atoms with E-state index in [4.69, 9.17) is 4.74 Å². The number of carboxylic acid groups (broad SMARTS) is 1. The van der Waals surface area contributed by atoms with E-state index in [0.29, 0.717) is 6.54 Å². The van der Waals surface area contributed by atoms with E-state index in [0.717, 1.165) is 35.1 Å². The lowest BCUT2D eigenvalue weighted by Crippen LogP contribution is -2.53. The minimum absolute atomic E-state index is 0.0232. The lowest BCUT2D eigenvalue weighted by molar-refractivity contribution is -0.155. The molecule has 0 aromatic heterocycles. The van der Waals surface area contributed by atoms with Gasteiger partial charge in [-0.1, -0.05) is 69.3 Å². The van der Waals surface area contributed by atoms with Crippen LogP contribution in [0.5, 0.6) is 0 Å². The van der Waals surface area contributed by atoms with Crippen LogP contribution in [0.3, 0.4) is 0 Å². The fraction of sp³-hybridized carbons (Fsp3) is 0.464. The van der Waals surface area contributed by atoms with E-state index in [2.05, 4.69) is 29.6 Å². The Bertz CT molecular complexity index is 1050. The first kappa shape index (κ1) is 24.8. The van der Waals surface area contributed by atoms with Crippen molar-refractivity contribution >= 4 is 18.0 Å². The number of alkyl carbamates (subject to hydrolysis) is 1. The third-order valence-electron chi connectivity index (χ3n) is 7.35. The van der Waals surface area contributed by atoms with Crippen molar-refractivity contribution in [1.82, 2.24) is 10.2 Å². The van der Waals surface area contributed by atoms with Gasteiger partial charge in [0.1, 0.15) is 12.6 Å². The van der Waals surface area contributed by atoms with Crippen molar-refractivity contribution < 1.29 is 24.2 Å². The van der Waals surface area contributed by atoms with Gasteiger partial charge >= 0.3 is 12.1 Å². The van der Waals surface area contributed by atoms with Crippen LogP contribution in [-0.2, 0) is 14.3 Å². The smallest absolute Gasteiger partial charge is 0.407 e. The van der Waals surface area contributed by atoms with E-state index in [1.54, 1.807) is 0 Å². The summed E-state index contributed by atoms with van der Waals surface area (Å²) in [6.07, 6.45) is 1.04. The first-order valence-electron chi connectivity index (χ1n) is 12.4. The number of aliphatic carboxylic acids is 1. The molecule has 1 aliphatic heterocycles. The Balaban J connectivity index is 1.39. The molecular weight excluding hydrogens is 444 g/mol. The van der Waals surface area contributed by atoms with Crippen LogP contribution in [-0.4, -0.2) is 53.2 Å². The van der Waals surface area contributed by atoms with Crippen LogP contribution >= 0.6 is 0 Å². The van der Waals surface area contributed by atoms with Crippen molar-refractivity contribution in [3.63, 3.8) is 0 Å². The summed E-state index contributed by atoms with van der Waals surface area (Å²) < 4.78 is 5.65. The Kier molecular flexibility index (Phi) is 7.43. The summed E-state index contributed by atoms with van der Waals surface area (Å²) in [4.78, 5) is 39.1. The maximum atomic E-state index is 13.1. The SMILES string of the molecule is CC1CCCN(C(=O)C[C@H](NC(=O)OCC2c3ccccc3-c3ccccc32)C(C)C)C1C(=O)O. The molecule has 35 heavy (non-hydrogen) atoms. The molecule has 2 aromatic carbocycles. The van der Waals surface area contributed by atoms with Crippen molar-refractivity contribution in [3.8, 4) is 11.1 Å². The highest BCUT2D eigenvalue weighted by Gasteiger charge is 2.38. The van der Waals surface area contributed by atoms with Gasteiger partial charge in [0.25, 0.3) is 0 Å². The number of carbonyl (C=O) groups is 3. The number of fused-ring (bicyclic) bond motifs is 3. The van der Waals surface area contributed by atoms with Crippen LogP contribution in [0, 0.1) is 11.8 Å². The molecule has 2 amide bonds. The highest BCUT2D eigenvalue weighted by molar-refractivity contribution is 5.85. The zero-order chi connectivity index (χ0) is 25.1. The van der Waals surface area contributed by atoms with E-state index < -0.39 is 24.1 Å².